The molecular formula is C23H18Cl2N2O3. The fraction of sp³-hybridized carbons (Fsp3) is 0.261. The van der Waals surface area contributed by atoms with E-state index in [1.807, 2.05) is 12.1 Å². The number of carbonyl (C=O) groups excluding carboxylic acids is 2. The summed E-state index contributed by atoms with van der Waals surface area (Å²) in [5.74, 6) is -0.122. The zero-order chi connectivity index (χ0) is 20.8. The van der Waals surface area contributed by atoms with E-state index in [0.717, 1.165) is 17.0 Å². The number of amides is 2. The highest BCUT2D eigenvalue weighted by atomic mass is 35.5. The average molecular weight is 441 g/mol. The van der Waals surface area contributed by atoms with Gasteiger partial charge in [0.05, 0.1) is 18.1 Å². The highest BCUT2D eigenvalue weighted by Crippen LogP contribution is 2.52. The first-order valence-corrected chi connectivity index (χ1v) is 10.5. The Hall–Kier alpha value is -2.63. The van der Waals surface area contributed by atoms with Crippen molar-refractivity contribution < 1.29 is 14.3 Å². The molecule has 0 radical (unpaired) electrons. The molecule has 2 bridgehead atoms. The Balaban J connectivity index is 1.35. The molecule has 4 atom stereocenters. The van der Waals surface area contributed by atoms with Gasteiger partial charge in [0.1, 0.15) is 12.4 Å². The normalized spacial score (nSPS) is 26.8. The van der Waals surface area contributed by atoms with Gasteiger partial charge < -0.3 is 4.74 Å². The van der Waals surface area contributed by atoms with E-state index in [1.165, 1.54) is 6.21 Å². The molecule has 5 nitrogen and oxygen atoms in total. The number of rotatable bonds is 5. The van der Waals surface area contributed by atoms with Gasteiger partial charge in [0.15, 0.2) is 0 Å². The van der Waals surface area contributed by atoms with Gasteiger partial charge in [-0.05, 0) is 54.2 Å². The third kappa shape index (κ3) is 3.32. The number of imide groups is 1. The predicted molar refractivity (Wildman–Crippen MR) is 114 cm³/mol. The van der Waals surface area contributed by atoms with Crippen LogP contribution in [0.1, 0.15) is 17.5 Å². The van der Waals surface area contributed by atoms with Crippen LogP contribution in [-0.2, 0) is 16.2 Å². The van der Waals surface area contributed by atoms with Crippen LogP contribution in [0.15, 0.2) is 59.7 Å². The Morgan fingerprint density at radius 3 is 2.27 bits per heavy atom. The van der Waals surface area contributed by atoms with Crippen LogP contribution >= 0.6 is 23.2 Å². The van der Waals surface area contributed by atoms with Crippen LogP contribution in [0.4, 0.5) is 0 Å². The number of hydrogen-bond donors (Lipinski definition) is 0. The minimum atomic E-state index is -0.273. The fourth-order valence-electron chi connectivity index (χ4n) is 4.61. The summed E-state index contributed by atoms with van der Waals surface area (Å²) in [5, 5.41) is 6.41. The van der Waals surface area contributed by atoms with Gasteiger partial charge in [-0.2, -0.15) is 10.1 Å². The quantitative estimate of drug-likeness (QED) is 0.384. The summed E-state index contributed by atoms with van der Waals surface area (Å²) in [4.78, 5) is 25.6. The Labute approximate surface area is 183 Å². The van der Waals surface area contributed by atoms with Crippen molar-refractivity contribution in [1.29, 1.82) is 0 Å². The first-order chi connectivity index (χ1) is 14.5. The molecule has 4 unspecified atom stereocenters. The maximum atomic E-state index is 12.8. The van der Waals surface area contributed by atoms with Crippen LogP contribution in [0.3, 0.4) is 0 Å². The number of hydrogen-bond acceptors (Lipinski definition) is 4. The third-order valence-electron chi connectivity index (χ3n) is 6.04. The number of benzene rings is 2. The molecule has 152 valence electrons. The highest BCUT2D eigenvalue weighted by molar-refractivity contribution is 6.31. The number of hydrazone groups is 1. The van der Waals surface area contributed by atoms with Crippen LogP contribution in [-0.4, -0.2) is 23.0 Å². The Morgan fingerprint density at radius 2 is 1.60 bits per heavy atom. The molecule has 2 fully saturated rings. The maximum absolute atomic E-state index is 12.8. The number of nitrogens with zero attached hydrogens (tertiary/aromatic N) is 2. The Kier molecular flexibility index (Phi) is 4.88. The van der Waals surface area contributed by atoms with Crippen molar-refractivity contribution in [2.45, 2.75) is 13.0 Å². The molecule has 2 aliphatic carbocycles. The minimum absolute atomic E-state index is 0.154. The monoisotopic (exact) mass is 440 g/mol. The fourth-order valence-corrected chi connectivity index (χ4v) is 4.92. The van der Waals surface area contributed by atoms with Crippen LogP contribution in [0.2, 0.25) is 10.0 Å². The van der Waals surface area contributed by atoms with Gasteiger partial charge in [-0.1, -0.05) is 47.5 Å². The summed E-state index contributed by atoms with van der Waals surface area (Å²) in [6.45, 7) is 0.334. The molecule has 7 heteroatoms. The lowest BCUT2D eigenvalue weighted by Gasteiger charge is -2.13. The van der Waals surface area contributed by atoms with Crippen LogP contribution in [0.25, 0.3) is 0 Å². The van der Waals surface area contributed by atoms with Crippen molar-refractivity contribution in [2.75, 3.05) is 0 Å². The van der Waals surface area contributed by atoms with Gasteiger partial charge in [0, 0.05) is 15.6 Å². The summed E-state index contributed by atoms with van der Waals surface area (Å²) < 4.78 is 5.91. The molecule has 0 spiro atoms. The predicted octanol–water partition coefficient (Wildman–Crippen LogP) is 4.71. The number of carbonyl (C=O) groups is 2. The van der Waals surface area contributed by atoms with Gasteiger partial charge in [0.25, 0.3) is 11.8 Å². The summed E-state index contributed by atoms with van der Waals surface area (Å²) in [7, 11) is 0. The molecule has 3 aliphatic rings. The summed E-state index contributed by atoms with van der Waals surface area (Å²) in [6.07, 6.45) is 6.48. The van der Waals surface area contributed by atoms with E-state index in [4.69, 9.17) is 27.9 Å². The van der Waals surface area contributed by atoms with Crippen molar-refractivity contribution in [3.63, 3.8) is 0 Å². The smallest absolute Gasteiger partial charge is 0.254 e. The standard InChI is InChI=1S/C23H18Cl2N2O3/c24-17-5-1-13(2-6-17)12-30-19-8-7-18(25)10-16(19)11-26-27-22(28)20-14-3-4-15(9-14)21(20)23(27)29/h1-8,10-11,14-15,20-21H,9,12H2. The van der Waals surface area contributed by atoms with E-state index in [2.05, 4.69) is 17.3 Å². The van der Waals surface area contributed by atoms with Crippen LogP contribution < -0.4 is 4.74 Å². The summed E-state index contributed by atoms with van der Waals surface area (Å²) in [5.41, 5.74) is 1.55. The van der Waals surface area contributed by atoms with Gasteiger partial charge >= 0.3 is 0 Å². The molecule has 1 saturated heterocycles. The molecule has 1 aliphatic heterocycles. The van der Waals surface area contributed by atoms with Crippen molar-refractivity contribution in [2.24, 2.45) is 28.8 Å². The molecule has 2 aromatic carbocycles. The van der Waals surface area contributed by atoms with Gasteiger partial charge in [-0.15, -0.1) is 0 Å². The zero-order valence-corrected chi connectivity index (χ0v) is 17.4. The maximum Gasteiger partial charge on any atom is 0.254 e. The first-order valence-electron chi connectivity index (χ1n) is 9.78. The molecule has 1 saturated carbocycles. The molecule has 5 rings (SSSR count). The van der Waals surface area contributed by atoms with Gasteiger partial charge in [-0.3, -0.25) is 9.59 Å². The first kappa shape index (κ1) is 19.3. The second-order valence-electron chi connectivity index (χ2n) is 7.83. The molecule has 0 aromatic heterocycles. The number of halogens is 2. The lowest BCUT2D eigenvalue weighted by atomic mass is 9.85. The number of ether oxygens (including phenoxy) is 1. The lowest BCUT2D eigenvalue weighted by molar-refractivity contribution is -0.140. The van der Waals surface area contributed by atoms with Crippen molar-refractivity contribution in [3.05, 3.63) is 75.8 Å². The number of fused-ring (bicyclic) bond motifs is 5. The summed E-state index contributed by atoms with van der Waals surface area (Å²) >= 11 is 12.1. The Bertz CT molecular complexity index is 1050. The average Bonchev–Trinajstić information content (AvgIpc) is 3.41. The van der Waals surface area contributed by atoms with E-state index in [1.54, 1.807) is 30.3 Å². The lowest BCUT2D eigenvalue weighted by Crippen LogP contribution is -2.28. The molecular weight excluding hydrogens is 423 g/mol. The van der Waals surface area contributed by atoms with E-state index >= 15 is 0 Å². The van der Waals surface area contributed by atoms with Gasteiger partial charge in [0.2, 0.25) is 0 Å². The van der Waals surface area contributed by atoms with Gasteiger partial charge in [-0.25, -0.2) is 0 Å². The third-order valence-corrected chi connectivity index (χ3v) is 6.53. The van der Waals surface area contributed by atoms with E-state index in [-0.39, 0.29) is 35.5 Å². The van der Waals surface area contributed by atoms with E-state index < -0.39 is 0 Å². The molecule has 1 heterocycles. The largest absolute Gasteiger partial charge is 0.488 e. The van der Waals surface area contributed by atoms with Crippen LogP contribution in [0.5, 0.6) is 5.75 Å². The highest BCUT2D eigenvalue weighted by Gasteiger charge is 2.59. The zero-order valence-electron chi connectivity index (χ0n) is 15.9. The van der Waals surface area contributed by atoms with Crippen LogP contribution in [0, 0.1) is 23.7 Å². The topological polar surface area (TPSA) is 59.0 Å². The minimum Gasteiger partial charge on any atom is -0.488 e. The van der Waals surface area contributed by atoms with Crippen molar-refractivity contribution in [1.82, 2.24) is 5.01 Å². The number of allylic oxidation sites excluding steroid dienone is 2. The second-order valence-corrected chi connectivity index (χ2v) is 8.70. The molecule has 2 aromatic rings. The molecule has 0 N–H and O–H groups in total. The SMILES string of the molecule is O=C1C2C3C=CC(C3)C2C(=O)N1N=Cc1cc(Cl)ccc1OCc1ccc(Cl)cc1. The summed E-state index contributed by atoms with van der Waals surface area (Å²) in [6, 6.07) is 12.5. The van der Waals surface area contributed by atoms with Crippen molar-refractivity contribution in [3.8, 4) is 5.75 Å². The van der Waals surface area contributed by atoms with E-state index in [0.29, 0.717) is 28.0 Å². The Morgan fingerprint density at radius 1 is 0.967 bits per heavy atom. The second kappa shape index (κ2) is 7.56. The van der Waals surface area contributed by atoms with E-state index in [9.17, 15) is 9.59 Å². The molecule has 2 amide bonds. The van der Waals surface area contributed by atoms with Crippen molar-refractivity contribution >= 4 is 41.2 Å². The molecule has 30 heavy (non-hydrogen) atoms.